The maximum Gasteiger partial charge on any atom is 0.152 e. The van der Waals surface area contributed by atoms with E-state index in [1.807, 2.05) is 6.08 Å². The summed E-state index contributed by atoms with van der Waals surface area (Å²) in [7, 11) is 1.68. The highest BCUT2D eigenvalue weighted by atomic mass is 16.5. The molecule has 0 aliphatic heterocycles. The first kappa shape index (κ1) is 12.4. The quantitative estimate of drug-likeness (QED) is 0.593. The predicted octanol–water partition coefficient (Wildman–Crippen LogP) is 2.58. The minimum atomic E-state index is 0.0752. The Morgan fingerprint density at radius 3 is 2.54 bits per heavy atom. The average molecular weight is 184 g/mol. The van der Waals surface area contributed by atoms with Gasteiger partial charge < -0.3 is 4.74 Å². The molecule has 0 aromatic carbocycles. The monoisotopic (exact) mass is 184 g/mol. The molecule has 2 unspecified atom stereocenters. The first-order valence-corrected chi connectivity index (χ1v) is 4.81. The van der Waals surface area contributed by atoms with Gasteiger partial charge in [0.25, 0.3) is 0 Å². The molecule has 2 heteroatoms. The van der Waals surface area contributed by atoms with Crippen molar-refractivity contribution in [3.63, 3.8) is 0 Å². The number of ketones is 1. The highest BCUT2D eigenvalue weighted by molar-refractivity contribution is 5.87. The Morgan fingerprint density at radius 1 is 1.54 bits per heavy atom. The van der Waals surface area contributed by atoms with Gasteiger partial charge in [0.2, 0.25) is 0 Å². The third-order valence-electron chi connectivity index (χ3n) is 2.18. The van der Waals surface area contributed by atoms with Gasteiger partial charge in [-0.15, -0.1) is 0 Å². The highest BCUT2D eigenvalue weighted by Gasteiger charge is 2.07. The average Bonchev–Trinajstić information content (AvgIpc) is 2.11. The van der Waals surface area contributed by atoms with Gasteiger partial charge in [-0.25, -0.2) is 0 Å². The second-order valence-electron chi connectivity index (χ2n) is 3.49. The van der Waals surface area contributed by atoms with E-state index in [0.717, 1.165) is 12.8 Å². The number of carbonyl (C=O) groups excluding carboxylic acids is 1. The molecule has 0 rings (SSSR count). The molecule has 0 bridgehead atoms. The van der Waals surface area contributed by atoms with Gasteiger partial charge in [-0.3, -0.25) is 4.79 Å². The minimum absolute atomic E-state index is 0.0752. The normalized spacial score (nSPS) is 16.0. The van der Waals surface area contributed by atoms with E-state index in [1.165, 1.54) is 0 Å². The van der Waals surface area contributed by atoms with Crippen LogP contribution in [0.2, 0.25) is 0 Å². The number of ether oxygens (including phenoxy) is 1. The van der Waals surface area contributed by atoms with Crippen LogP contribution in [0.15, 0.2) is 12.2 Å². The molecular formula is C11H20O2. The van der Waals surface area contributed by atoms with Crippen molar-refractivity contribution in [1.82, 2.24) is 0 Å². The van der Waals surface area contributed by atoms with Crippen LogP contribution in [0.4, 0.5) is 0 Å². The van der Waals surface area contributed by atoms with Gasteiger partial charge >= 0.3 is 0 Å². The zero-order valence-corrected chi connectivity index (χ0v) is 9.04. The van der Waals surface area contributed by atoms with Crippen LogP contribution in [0.1, 0.15) is 33.6 Å². The molecule has 0 saturated carbocycles. The molecule has 0 saturated heterocycles. The van der Waals surface area contributed by atoms with Crippen molar-refractivity contribution in [2.45, 2.75) is 39.7 Å². The second kappa shape index (κ2) is 6.84. The molecule has 0 amide bonds. The largest absolute Gasteiger partial charge is 0.377 e. The Bertz CT molecular complexity index is 173. The molecule has 0 heterocycles. The number of allylic oxidation sites excluding steroid dienone is 1. The van der Waals surface area contributed by atoms with Crippen molar-refractivity contribution in [3.05, 3.63) is 12.2 Å². The van der Waals surface area contributed by atoms with Gasteiger partial charge in [-0.1, -0.05) is 26.3 Å². The highest BCUT2D eigenvalue weighted by Crippen LogP contribution is 2.12. The van der Waals surface area contributed by atoms with E-state index in [4.69, 9.17) is 4.74 Å². The number of rotatable bonds is 6. The first-order chi connectivity index (χ1) is 6.10. The van der Waals surface area contributed by atoms with Crippen LogP contribution in [0.5, 0.6) is 0 Å². The Hall–Kier alpha value is -0.630. The Labute approximate surface area is 81.0 Å². The van der Waals surface area contributed by atoms with Crippen molar-refractivity contribution in [2.75, 3.05) is 7.11 Å². The molecule has 13 heavy (non-hydrogen) atoms. The van der Waals surface area contributed by atoms with Crippen LogP contribution in [-0.4, -0.2) is 19.0 Å². The zero-order chi connectivity index (χ0) is 10.3. The molecule has 0 spiro atoms. The molecule has 76 valence electrons. The summed E-state index contributed by atoms with van der Waals surface area (Å²) in [4.78, 5) is 10.7. The lowest BCUT2D eigenvalue weighted by Gasteiger charge is -2.14. The van der Waals surface area contributed by atoms with Gasteiger partial charge in [0.15, 0.2) is 5.78 Å². The number of carbonyl (C=O) groups is 1. The van der Waals surface area contributed by atoms with E-state index in [1.54, 1.807) is 20.1 Å². The van der Waals surface area contributed by atoms with Crippen LogP contribution in [-0.2, 0) is 9.53 Å². The van der Waals surface area contributed by atoms with Crippen molar-refractivity contribution >= 4 is 5.78 Å². The molecule has 0 aliphatic rings. The van der Waals surface area contributed by atoms with Crippen LogP contribution in [0, 0.1) is 5.92 Å². The molecule has 0 aliphatic carbocycles. The van der Waals surface area contributed by atoms with Gasteiger partial charge in [0.05, 0.1) is 6.10 Å². The third kappa shape index (κ3) is 6.52. The molecule has 0 radical (unpaired) electrons. The fourth-order valence-corrected chi connectivity index (χ4v) is 1.06. The smallest absolute Gasteiger partial charge is 0.152 e. The van der Waals surface area contributed by atoms with Gasteiger partial charge in [-0.05, 0) is 25.3 Å². The summed E-state index contributed by atoms with van der Waals surface area (Å²) in [5.74, 6) is 0.716. The molecule has 2 nitrogen and oxygen atoms in total. The number of hydrogen-bond donors (Lipinski definition) is 0. The Kier molecular flexibility index (Phi) is 6.51. The van der Waals surface area contributed by atoms with E-state index in [2.05, 4.69) is 13.8 Å². The van der Waals surface area contributed by atoms with Crippen molar-refractivity contribution in [2.24, 2.45) is 5.92 Å². The lowest BCUT2D eigenvalue weighted by molar-refractivity contribution is -0.112. The summed E-state index contributed by atoms with van der Waals surface area (Å²) in [6, 6.07) is 0. The van der Waals surface area contributed by atoms with Crippen LogP contribution >= 0.6 is 0 Å². The van der Waals surface area contributed by atoms with Gasteiger partial charge in [0.1, 0.15) is 0 Å². The van der Waals surface area contributed by atoms with E-state index in [9.17, 15) is 4.79 Å². The van der Waals surface area contributed by atoms with E-state index < -0.39 is 0 Å². The second-order valence-corrected chi connectivity index (χ2v) is 3.49. The third-order valence-corrected chi connectivity index (χ3v) is 2.18. The topological polar surface area (TPSA) is 26.3 Å². The SMILES string of the molecule is CCC(C)CC(/C=C/C(C)=O)OC. The summed E-state index contributed by atoms with van der Waals surface area (Å²) in [6.07, 6.45) is 5.63. The van der Waals surface area contributed by atoms with Crippen LogP contribution in [0.3, 0.4) is 0 Å². The molecule has 0 aromatic heterocycles. The standard InChI is InChI=1S/C11H20O2/c1-5-9(2)8-11(13-4)7-6-10(3)12/h6-7,9,11H,5,8H2,1-4H3/b7-6+. The molecule has 0 fully saturated rings. The maximum absolute atomic E-state index is 10.7. The summed E-state index contributed by atoms with van der Waals surface area (Å²) >= 11 is 0. The fourth-order valence-electron chi connectivity index (χ4n) is 1.06. The molecule has 0 aromatic rings. The van der Waals surface area contributed by atoms with Crippen molar-refractivity contribution < 1.29 is 9.53 Å². The maximum atomic E-state index is 10.7. The van der Waals surface area contributed by atoms with Crippen LogP contribution < -0.4 is 0 Å². The van der Waals surface area contributed by atoms with E-state index in [0.29, 0.717) is 5.92 Å². The minimum Gasteiger partial charge on any atom is -0.377 e. The van der Waals surface area contributed by atoms with E-state index >= 15 is 0 Å². The fraction of sp³-hybridized carbons (Fsp3) is 0.727. The van der Waals surface area contributed by atoms with Gasteiger partial charge in [0, 0.05) is 7.11 Å². The summed E-state index contributed by atoms with van der Waals surface area (Å²) in [5.41, 5.74) is 0. The molecular weight excluding hydrogens is 164 g/mol. The number of hydrogen-bond acceptors (Lipinski definition) is 2. The molecule has 0 N–H and O–H groups in total. The molecule has 2 atom stereocenters. The lowest BCUT2D eigenvalue weighted by atomic mass is 10.0. The lowest BCUT2D eigenvalue weighted by Crippen LogP contribution is -2.11. The van der Waals surface area contributed by atoms with Crippen molar-refractivity contribution in [1.29, 1.82) is 0 Å². The first-order valence-electron chi connectivity index (χ1n) is 4.81. The zero-order valence-electron chi connectivity index (χ0n) is 9.04. The Balaban J connectivity index is 3.95. The Morgan fingerprint density at radius 2 is 2.15 bits per heavy atom. The van der Waals surface area contributed by atoms with Crippen LogP contribution in [0.25, 0.3) is 0 Å². The predicted molar refractivity (Wildman–Crippen MR) is 54.7 cm³/mol. The summed E-state index contributed by atoms with van der Waals surface area (Å²) in [5, 5.41) is 0. The van der Waals surface area contributed by atoms with Gasteiger partial charge in [-0.2, -0.15) is 0 Å². The summed E-state index contributed by atoms with van der Waals surface area (Å²) < 4.78 is 5.23. The van der Waals surface area contributed by atoms with E-state index in [-0.39, 0.29) is 11.9 Å². The number of methoxy groups -OCH3 is 1. The summed E-state index contributed by atoms with van der Waals surface area (Å²) in [6.45, 7) is 5.90. The van der Waals surface area contributed by atoms with Crippen molar-refractivity contribution in [3.8, 4) is 0 Å².